The molecule has 0 amide bonds. The standard InChI is InChI=1S/C15H24N2O2/c1-10-8-17-14(11(2)15(10)16)9-19-13-6-4-5-12(7-13)18-3/h8,12-13H,4-7,9H2,1-3H3,(H2,16,17). The lowest BCUT2D eigenvalue weighted by atomic mass is 9.95. The van der Waals surface area contributed by atoms with Crippen LogP contribution >= 0.6 is 0 Å². The number of pyridine rings is 1. The van der Waals surface area contributed by atoms with Gasteiger partial charge in [0, 0.05) is 19.0 Å². The molecule has 1 aromatic rings. The fourth-order valence-electron chi connectivity index (χ4n) is 2.60. The van der Waals surface area contributed by atoms with E-state index in [9.17, 15) is 0 Å². The Morgan fingerprint density at radius 3 is 2.79 bits per heavy atom. The maximum absolute atomic E-state index is 6.02. The van der Waals surface area contributed by atoms with Gasteiger partial charge in [-0.2, -0.15) is 0 Å². The maximum Gasteiger partial charge on any atom is 0.0895 e. The number of aromatic nitrogens is 1. The van der Waals surface area contributed by atoms with Crippen molar-refractivity contribution in [1.29, 1.82) is 0 Å². The first kappa shape index (κ1) is 14.3. The van der Waals surface area contributed by atoms with Gasteiger partial charge >= 0.3 is 0 Å². The summed E-state index contributed by atoms with van der Waals surface area (Å²) in [5.41, 5.74) is 9.86. The number of nitrogen functional groups attached to an aromatic ring is 1. The average molecular weight is 264 g/mol. The average Bonchev–Trinajstić information content (AvgIpc) is 2.44. The maximum atomic E-state index is 6.02. The third-order valence-corrected chi connectivity index (χ3v) is 4.04. The highest BCUT2D eigenvalue weighted by Gasteiger charge is 2.22. The van der Waals surface area contributed by atoms with E-state index in [0.717, 1.165) is 41.8 Å². The monoisotopic (exact) mass is 264 g/mol. The van der Waals surface area contributed by atoms with E-state index in [4.69, 9.17) is 15.2 Å². The summed E-state index contributed by atoms with van der Waals surface area (Å²) < 4.78 is 11.4. The van der Waals surface area contributed by atoms with Gasteiger partial charge in [-0.15, -0.1) is 0 Å². The molecule has 1 aliphatic rings. The van der Waals surface area contributed by atoms with Crippen molar-refractivity contribution in [3.63, 3.8) is 0 Å². The smallest absolute Gasteiger partial charge is 0.0895 e. The van der Waals surface area contributed by atoms with Crippen molar-refractivity contribution in [2.24, 2.45) is 0 Å². The molecule has 1 heterocycles. The van der Waals surface area contributed by atoms with E-state index in [0.29, 0.717) is 12.7 Å². The van der Waals surface area contributed by atoms with Crippen molar-refractivity contribution in [2.45, 2.75) is 58.3 Å². The largest absolute Gasteiger partial charge is 0.398 e. The van der Waals surface area contributed by atoms with E-state index in [1.807, 2.05) is 20.0 Å². The summed E-state index contributed by atoms with van der Waals surface area (Å²) in [6.45, 7) is 4.52. The first-order chi connectivity index (χ1) is 9.11. The Labute approximate surface area is 115 Å². The molecule has 0 radical (unpaired) electrons. The van der Waals surface area contributed by atoms with Gasteiger partial charge in [0.05, 0.1) is 24.5 Å². The Morgan fingerprint density at radius 2 is 2.05 bits per heavy atom. The number of methoxy groups -OCH3 is 1. The van der Waals surface area contributed by atoms with Gasteiger partial charge in [-0.1, -0.05) is 0 Å². The van der Waals surface area contributed by atoms with Gasteiger partial charge in [0.25, 0.3) is 0 Å². The number of rotatable bonds is 4. The lowest BCUT2D eigenvalue weighted by Gasteiger charge is -2.28. The van der Waals surface area contributed by atoms with Crippen LogP contribution in [0, 0.1) is 13.8 Å². The fraction of sp³-hybridized carbons (Fsp3) is 0.667. The molecule has 106 valence electrons. The van der Waals surface area contributed by atoms with Gasteiger partial charge in [0.1, 0.15) is 0 Å². The second-order valence-electron chi connectivity index (χ2n) is 5.38. The first-order valence-electron chi connectivity index (χ1n) is 6.96. The lowest BCUT2D eigenvalue weighted by Crippen LogP contribution is -2.27. The third-order valence-electron chi connectivity index (χ3n) is 4.04. The van der Waals surface area contributed by atoms with Crippen LogP contribution in [0.1, 0.15) is 42.5 Å². The lowest BCUT2D eigenvalue weighted by molar-refractivity contribution is -0.0373. The van der Waals surface area contributed by atoms with Crippen molar-refractivity contribution < 1.29 is 9.47 Å². The zero-order valence-corrected chi connectivity index (χ0v) is 12.1. The highest BCUT2D eigenvalue weighted by atomic mass is 16.5. The summed E-state index contributed by atoms with van der Waals surface area (Å²) in [5.74, 6) is 0. The Bertz CT molecular complexity index is 434. The van der Waals surface area contributed by atoms with Crippen molar-refractivity contribution in [3.8, 4) is 0 Å². The molecule has 0 aliphatic heterocycles. The molecule has 1 saturated carbocycles. The highest BCUT2D eigenvalue weighted by Crippen LogP contribution is 2.25. The van der Waals surface area contributed by atoms with Gasteiger partial charge in [-0.05, 0) is 50.7 Å². The normalized spacial score (nSPS) is 23.5. The molecule has 0 spiro atoms. The third kappa shape index (κ3) is 3.45. The summed E-state index contributed by atoms with van der Waals surface area (Å²) >= 11 is 0. The van der Waals surface area contributed by atoms with Crippen molar-refractivity contribution in [3.05, 3.63) is 23.0 Å². The molecule has 1 fully saturated rings. The number of hydrogen-bond acceptors (Lipinski definition) is 4. The number of anilines is 1. The molecule has 1 aromatic heterocycles. The molecule has 0 aromatic carbocycles. The molecule has 2 unspecified atom stereocenters. The number of nitrogens with two attached hydrogens (primary N) is 1. The zero-order valence-electron chi connectivity index (χ0n) is 12.1. The van der Waals surface area contributed by atoms with Crippen LogP contribution in [0.4, 0.5) is 5.69 Å². The van der Waals surface area contributed by atoms with Crippen LogP contribution < -0.4 is 5.73 Å². The van der Waals surface area contributed by atoms with Crippen LogP contribution in [0.3, 0.4) is 0 Å². The molecule has 19 heavy (non-hydrogen) atoms. The summed E-state index contributed by atoms with van der Waals surface area (Å²) in [4.78, 5) is 4.43. The number of ether oxygens (including phenoxy) is 2. The van der Waals surface area contributed by atoms with Crippen LogP contribution in [-0.4, -0.2) is 24.3 Å². The predicted molar refractivity (Wildman–Crippen MR) is 76.0 cm³/mol. The SMILES string of the molecule is COC1CCCC(OCc2ncc(C)c(N)c2C)C1. The molecule has 0 bridgehead atoms. The van der Waals surface area contributed by atoms with Gasteiger partial charge < -0.3 is 15.2 Å². The Balaban J connectivity index is 1.93. The molecular formula is C15H24N2O2. The van der Waals surface area contributed by atoms with Crippen LogP contribution in [0.2, 0.25) is 0 Å². The van der Waals surface area contributed by atoms with E-state index >= 15 is 0 Å². The molecule has 1 aliphatic carbocycles. The first-order valence-corrected chi connectivity index (χ1v) is 6.96. The number of hydrogen-bond donors (Lipinski definition) is 1. The molecule has 0 saturated heterocycles. The minimum absolute atomic E-state index is 0.280. The zero-order chi connectivity index (χ0) is 13.8. The van der Waals surface area contributed by atoms with Crippen molar-refractivity contribution in [1.82, 2.24) is 4.98 Å². The number of nitrogens with zero attached hydrogens (tertiary/aromatic N) is 1. The van der Waals surface area contributed by atoms with E-state index in [-0.39, 0.29) is 6.10 Å². The molecule has 4 heteroatoms. The topological polar surface area (TPSA) is 57.4 Å². The Hall–Kier alpha value is -1.13. The van der Waals surface area contributed by atoms with Crippen LogP contribution in [0.25, 0.3) is 0 Å². The van der Waals surface area contributed by atoms with E-state index in [1.165, 1.54) is 6.42 Å². The highest BCUT2D eigenvalue weighted by molar-refractivity contribution is 5.53. The molecule has 2 rings (SSSR count). The van der Waals surface area contributed by atoms with E-state index < -0.39 is 0 Å². The Kier molecular flexibility index (Phi) is 4.77. The summed E-state index contributed by atoms with van der Waals surface area (Å²) in [6, 6.07) is 0. The van der Waals surface area contributed by atoms with E-state index in [2.05, 4.69) is 4.98 Å². The summed E-state index contributed by atoms with van der Waals surface area (Å²) in [5, 5.41) is 0. The molecule has 2 atom stereocenters. The molecule has 2 N–H and O–H groups in total. The minimum Gasteiger partial charge on any atom is -0.398 e. The second kappa shape index (κ2) is 6.35. The van der Waals surface area contributed by atoms with Crippen LogP contribution in [0.15, 0.2) is 6.20 Å². The predicted octanol–water partition coefficient (Wildman–Crippen LogP) is 2.75. The van der Waals surface area contributed by atoms with Crippen molar-refractivity contribution >= 4 is 5.69 Å². The van der Waals surface area contributed by atoms with Gasteiger partial charge in [-0.3, -0.25) is 4.98 Å². The summed E-state index contributed by atoms with van der Waals surface area (Å²) in [7, 11) is 1.78. The molecule has 4 nitrogen and oxygen atoms in total. The molecular weight excluding hydrogens is 240 g/mol. The second-order valence-corrected chi connectivity index (χ2v) is 5.38. The quantitative estimate of drug-likeness (QED) is 0.908. The Morgan fingerprint density at radius 1 is 1.32 bits per heavy atom. The van der Waals surface area contributed by atoms with Crippen LogP contribution in [0.5, 0.6) is 0 Å². The van der Waals surface area contributed by atoms with Gasteiger partial charge in [0.2, 0.25) is 0 Å². The summed E-state index contributed by atoms with van der Waals surface area (Å²) in [6.07, 6.45) is 6.85. The van der Waals surface area contributed by atoms with Crippen LogP contribution in [-0.2, 0) is 16.1 Å². The fourth-order valence-corrected chi connectivity index (χ4v) is 2.60. The van der Waals surface area contributed by atoms with Crippen molar-refractivity contribution in [2.75, 3.05) is 12.8 Å². The van der Waals surface area contributed by atoms with E-state index in [1.54, 1.807) is 7.11 Å². The minimum atomic E-state index is 0.280. The number of aryl methyl sites for hydroxylation is 1. The van der Waals surface area contributed by atoms with Gasteiger partial charge in [0.15, 0.2) is 0 Å². The van der Waals surface area contributed by atoms with Gasteiger partial charge in [-0.25, -0.2) is 0 Å².